The van der Waals surface area contributed by atoms with E-state index < -0.39 is 32.5 Å². The lowest BCUT2D eigenvalue weighted by Crippen LogP contribution is -2.29. The molecule has 0 saturated heterocycles. The van der Waals surface area contributed by atoms with Crippen LogP contribution in [0.3, 0.4) is 0 Å². The Labute approximate surface area is 320 Å². The number of carbonyl (C=O) groups is 2. The highest BCUT2D eigenvalue weighted by atomic mass is 31.2. The predicted molar refractivity (Wildman–Crippen MR) is 216 cm³/mol. The zero-order chi connectivity index (χ0) is 38.2. The number of allylic oxidation sites excluding steroid dienone is 2. The summed E-state index contributed by atoms with van der Waals surface area (Å²) in [5, 5.41) is 0. The second-order valence-corrected chi connectivity index (χ2v) is 16.3. The Morgan fingerprint density at radius 3 is 1.17 bits per heavy atom. The maximum absolute atomic E-state index is 12.4. The Kier molecular flexibility index (Phi) is 38.6. The third-order valence-corrected chi connectivity index (χ3v) is 10.3. The summed E-state index contributed by atoms with van der Waals surface area (Å²) < 4.78 is 26.4. The average Bonchev–Trinajstić information content (AvgIpc) is 3.11. The van der Waals surface area contributed by atoms with Gasteiger partial charge in [0.15, 0.2) is 6.10 Å². The van der Waals surface area contributed by atoms with Crippen molar-refractivity contribution in [3.63, 3.8) is 0 Å². The number of hydrogen-bond acceptors (Lipinski definition) is 6. The van der Waals surface area contributed by atoms with E-state index in [0.29, 0.717) is 6.42 Å². The second kappa shape index (κ2) is 39.5. The first kappa shape index (κ1) is 50.8. The minimum Gasteiger partial charge on any atom is -0.462 e. The lowest BCUT2D eigenvalue weighted by molar-refractivity contribution is -0.161. The molecule has 8 nitrogen and oxygen atoms in total. The fraction of sp³-hybridized carbons (Fsp3) is 0.907. The molecule has 0 fully saturated rings. The molecule has 0 spiro atoms. The van der Waals surface area contributed by atoms with E-state index in [-0.39, 0.29) is 19.4 Å². The van der Waals surface area contributed by atoms with Crippen LogP contribution >= 0.6 is 7.82 Å². The topological polar surface area (TPSA) is 119 Å². The van der Waals surface area contributed by atoms with Crippen molar-refractivity contribution in [3.05, 3.63) is 12.2 Å². The van der Waals surface area contributed by atoms with Gasteiger partial charge in [-0.3, -0.25) is 14.1 Å². The third-order valence-electron chi connectivity index (χ3n) is 9.78. The standard InChI is InChI=1S/C43H83O8P/c1-3-5-7-9-11-13-15-17-19-20-21-22-24-26-28-30-32-34-36-38-43(45)51-41(40-50-52(46,47)48)39-49-42(44)37-35-33-31-29-27-25-23-18-16-14-12-10-8-6-4-2/h18,23,41H,3-17,19-22,24-40H2,1-2H3,(H2,46,47,48)/b23-18+/t41-/m1/s1. The van der Waals surface area contributed by atoms with Crippen LogP contribution in [0.1, 0.15) is 232 Å². The van der Waals surface area contributed by atoms with Crippen molar-refractivity contribution >= 4 is 19.8 Å². The van der Waals surface area contributed by atoms with Crippen LogP contribution < -0.4 is 0 Å². The molecule has 0 amide bonds. The van der Waals surface area contributed by atoms with E-state index in [1.54, 1.807) is 0 Å². The molecule has 0 heterocycles. The molecule has 0 radical (unpaired) electrons. The summed E-state index contributed by atoms with van der Waals surface area (Å²) in [5.41, 5.74) is 0. The molecule has 0 aromatic heterocycles. The van der Waals surface area contributed by atoms with Crippen molar-refractivity contribution in [2.24, 2.45) is 0 Å². The Bertz CT molecular complexity index is 858. The molecule has 0 aromatic rings. The number of carbonyl (C=O) groups excluding carboxylic acids is 2. The normalized spacial score (nSPS) is 12.5. The Hall–Kier alpha value is -1.21. The molecule has 0 saturated carbocycles. The van der Waals surface area contributed by atoms with Crippen molar-refractivity contribution < 1.29 is 37.9 Å². The Balaban J connectivity index is 3.86. The Morgan fingerprint density at radius 1 is 0.481 bits per heavy atom. The van der Waals surface area contributed by atoms with Gasteiger partial charge in [0.1, 0.15) is 6.61 Å². The fourth-order valence-corrected chi connectivity index (χ4v) is 6.85. The summed E-state index contributed by atoms with van der Waals surface area (Å²) in [6, 6.07) is 0. The lowest BCUT2D eigenvalue weighted by Gasteiger charge is -2.18. The molecule has 0 aliphatic carbocycles. The van der Waals surface area contributed by atoms with Crippen molar-refractivity contribution in [1.82, 2.24) is 0 Å². The largest absolute Gasteiger partial charge is 0.469 e. The highest BCUT2D eigenvalue weighted by Gasteiger charge is 2.22. The van der Waals surface area contributed by atoms with E-state index in [0.717, 1.165) is 51.4 Å². The second-order valence-electron chi connectivity index (χ2n) is 15.0. The van der Waals surface area contributed by atoms with Crippen LogP contribution in [0.25, 0.3) is 0 Å². The highest BCUT2D eigenvalue weighted by Crippen LogP contribution is 2.36. The van der Waals surface area contributed by atoms with E-state index in [1.165, 1.54) is 148 Å². The van der Waals surface area contributed by atoms with Crippen molar-refractivity contribution in [2.75, 3.05) is 13.2 Å². The first-order chi connectivity index (χ1) is 25.3. The highest BCUT2D eigenvalue weighted by molar-refractivity contribution is 7.46. The van der Waals surface area contributed by atoms with Gasteiger partial charge in [-0.15, -0.1) is 0 Å². The predicted octanol–water partition coefficient (Wildman–Crippen LogP) is 13.4. The molecule has 9 heteroatoms. The summed E-state index contributed by atoms with van der Waals surface area (Å²) in [7, 11) is -4.75. The summed E-state index contributed by atoms with van der Waals surface area (Å²) in [6.45, 7) is 3.70. The van der Waals surface area contributed by atoms with Crippen LogP contribution in [0.2, 0.25) is 0 Å². The Morgan fingerprint density at radius 2 is 0.808 bits per heavy atom. The van der Waals surface area contributed by atoms with Crippen LogP contribution in [0.5, 0.6) is 0 Å². The minimum absolute atomic E-state index is 0.216. The van der Waals surface area contributed by atoms with Crippen LogP contribution in [-0.2, 0) is 28.2 Å². The third kappa shape index (κ3) is 41.5. The lowest BCUT2D eigenvalue weighted by atomic mass is 10.0. The molecule has 1 atom stereocenters. The monoisotopic (exact) mass is 759 g/mol. The van der Waals surface area contributed by atoms with Gasteiger partial charge in [-0.2, -0.15) is 0 Å². The van der Waals surface area contributed by atoms with E-state index >= 15 is 0 Å². The van der Waals surface area contributed by atoms with Crippen LogP contribution in [0.4, 0.5) is 0 Å². The van der Waals surface area contributed by atoms with E-state index in [4.69, 9.17) is 19.3 Å². The molecule has 2 N–H and O–H groups in total. The van der Waals surface area contributed by atoms with E-state index in [2.05, 4.69) is 30.5 Å². The molecule has 0 rings (SSSR count). The summed E-state index contributed by atoms with van der Waals surface area (Å²) in [6.07, 6.45) is 43.6. The fourth-order valence-electron chi connectivity index (χ4n) is 6.49. The van der Waals surface area contributed by atoms with E-state index in [9.17, 15) is 14.2 Å². The summed E-state index contributed by atoms with van der Waals surface area (Å²) >= 11 is 0. The number of ether oxygens (including phenoxy) is 2. The van der Waals surface area contributed by atoms with Gasteiger partial charge in [-0.05, 0) is 38.5 Å². The summed E-state index contributed by atoms with van der Waals surface area (Å²) in [4.78, 5) is 42.9. The number of rotatable bonds is 41. The maximum atomic E-state index is 12.4. The molecule has 0 bridgehead atoms. The molecule has 0 aliphatic heterocycles. The average molecular weight is 759 g/mol. The van der Waals surface area contributed by atoms with Gasteiger partial charge in [0.25, 0.3) is 0 Å². The van der Waals surface area contributed by atoms with E-state index in [1.807, 2.05) is 0 Å². The number of phosphoric ester groups is 1. The molecule has 0 aliphatic rings. The van der Waals surface area contributed by atoms with Gasteiger partial charge in [0, 0.05) is 12.8 Å². The van der Waals surface area contributed by atoms with Crippen LogP contribution in [0, 0.1) is 0 Å². The van der Waals surface area contributed by atoms with Crippen molar-refractivity contribution in [1.29, 1.82) is 0 Å². The zero-order valence-electron chi connectivity index (χ0n) is 34.0. The first-order valence-corrected chi connectivity index (χ1v) is 23.5. The van der Waals surface area contributed by atoms with Crippen molar-refractivity contribution in [3.8, 4) is 0 Å². The van der Waals surface area contributed by atoms with Crippen molar-refractivity contribution in [2.45, 2.75) is 238 Å². The number of esters is 2. The van der Waals surface area contributed by atoms with Gasteiger partial charge in [-0.25, -0.2) is 4.57 Å². The van der Waals surface area contributed by atoms with Crippen LogP contribution in [-0.4, -0.2) is 41.0 Å². The first-order valence-electron chi connectivity index (χ1n) is 22.0. The van der Waals surface area contributed by atoms with Gasteiger partial charge in [0.2, 0.25) is 0 Å². The number of hydrogen-bond donors (Lipinski definition) is 2. The quantitative estimate of drug-likeness (QED) is 0.0274. The zero-order valence-corrected chi connectivity index (χ0v) is 34.9. The molecule has 308 valence electrons. The maximum Gasteiger partial charge on any atom is 0.469 e. The van der Waals surface area contributed by atoms with Crippen LogP contribution in [0.15, 0.2) is 12.2 Å². The van der Waals surface area contributed by atoms with Gasteiger partial charge in [0.05, 0.1) is 6.61 Å². The van der Waals surface area contributed by atoms with Gasteiger partial charge >= 0.3 is 19.8 Å². The van der Waals surface area contributed by atoms with Gasteiger partial charge < -0.3 is 19.3 Å². The SMILES string of the molecule is CCCCCCCC/C=C/CCCCCCCC(=O)OC[C@H](COP(=O)(O)O)OC(=O)CCCCCCCCCCCCCCCCCCCCC. The molecular weight excluding hydrogens is 675 g/mol. The molecule has 0 aromatic carbocycles. The minimum atomic E-state index is -4.75. The number of unbranched alkanes of at least 4 members (excludes halogenated alkanes) is 29. The molecule has 52 heavy (non-hydrogen) atoms. The van der Waals surface area contributed by atoms with Gasteiger partial charge in [-0.1, -0.05) is 193 Å². The molecular formula is C43H83O8P. The smallest absolute Gasteiger partial charge is 0.462 e. The summed E-state index contributed by atoms with van der Waals surface area (Å²) in [5.74, 6) is -0.881. The molecule has 0 unspecified atom stereocenters. The number of phosphoric acid groups is 1.